The van der Waals surface area contributed by atoms with E-state index in [-0.39, 0.29) is 42.2 Å². The molecule has 0 unspecified atom stereocenters. The Morgan fingerprint density at radius 3 is 2.23 bits per heavy atom. The summed E-state index contributed by atoms with van der Waals surface area (Å²) in [5.74, 6) is -1.61. The first-order chi connectivity index (χ1) is 25.0. The molecule has 278 valence electrons. The molecule has 3 aromatic rings. The van der Waals surface area contributed by atoms with Gasteiger partial charge in [0.1, 0.15) is 24.4 Å². The van der Waals surface area contributed by atoms with Crippen molar-refractivity contribution < 1.29 is 70.2 Å². The topological polar surface area (TPSA) is 184 Å². The molecule has 15 nitrogen and oxygen atoms in total. The minimum absolute atomic E-state index is 0.00301. The lowest BCUT2D eigenvalue weighted by Gasteiger charge is -2.48. The van der Waals surface area contributed by atoms with Gasteiger partial charge in [-0.2, -0.15) is 8.42 Å². The van der Waals surface area contributed by atoms with E-state index in [1.54, 1.807) is 43.3 Å². The van der Waals surface area contributed by atoms with Crippen molar-refractivity contribution in [2.45, 2.75) is 67.8 Å². The van der Waals surface area contributed by atoms with Crippen molar-refractivity contribution in [2.24, 2.45) is 11.8 Å². The number of aromatic hydroxyl groups is 1. The quantitative estimate of drug-likeness (QED) is 0.253. The van der Waals surface area contributed by atoms with Gasteiger partial charge in [0, 0.05) is 11.8 Å². The van der Waals surface area contributed by atoms with Crippen LogP contribution in [0.1, 0.15) is 41.2 Å². The molecule has 4 aliphatic heterocycles. The zero-order chi connectivity index (χ0) is 36.5. The van der Waals surface area contributed by atoms with Gasteiger partial charge in [-0.1, -0.05) is 17.7 Å². The van der Waals surface area contributed by atoms with Gasteiger partial charge in [0.15, 0.2) is 35.6 Å². The average molecular weight is 743 g/mol. The van der Waals surface area contributed by atoms with E-state index < -0.39 is 76.9 Å². The third-order valence-electron chi connectivity index (χ3n) is 10.3. The summed E-state index contributed by atoms with van der Waals surface area (Å²) < 4.78 is 85.3. The second kappa shape index (κ2) is 13.4. The van der Waals surface area contributed by atoms with Crippen LogP contribution < -0.4 is 18.9 Å². The number of hydrogen-bond donors (Lipinski definition) is 2. The van der Waals surface area contributed by atoms with Gasteiger partial charge in [-0.05, 0) is 66.9 Å². The van der Waals surface area contributed by atoms with Crippen molar-refractivity contribution >= 4 is 16.1 Å². The van der Waals surface area contributed by atoms with E-state index in [2.05, 4.69) is 0 Å². The van der Waals surface area contributed by atoms with Gasteiger partial charge in [0.25, 0.3) is 10.1 Å². The van der Waals surface area contributed by atoms with Gasteiger partial charge >= 0.3 is 5.97 Å². The first-order valence-corrected chi connectivity index (χ1v) is 18.2. The number of aliphatic hydroxyl groups is 1. The van der Waals surface area contributed by atoms with Crippen LogP contribution in [0.15, 0.2) is 53.4 Å². The first kappa shape index (κ1) is 34.9. The fraction of sp³-hybridized carbons (Fsp3) is 0.472. The summed E-state index contributed by atoms with van der Waals surface area (Å²) >= 11 is 0. The van der Waals surface area contributed by atoms with E-state index in [1.165, 1.54) is 26.4 Å². The van der Waals surface area contributed by atoms with Crippen molar-refractivity contribution in [1.82, 2.24) is 0 Å². The zero-order valence-corrected chi connectivity index (χ0v) is 29.4. The molecule has 3 saturated heterocycles. The number of carbonyl (C=O) groups is 1. The number of carbonyl (C=O) groups excluding carboxylic acids is 1. The van der Waals surface area contributed by atoms with Crippen molar-refractivity contribution in [3.05, 3.63) is 70.8 Å². The number of phenols is 1. The lowest BCUT2D eigenvalue weighted by atomic mass is 9.66. The number of aryl methyl sites for hydroxylation is 1. The highest BCUT2D eigenvalue weighted by molar-refractivity contribution is 7.86. The summed E-state index contributed by atoms with van der Waals surface area (Å²) in [4.78, 5) is 13.6. The standard InChI is InChI=1S/C36H38O15S/c1-16-5-7-19(8-6-16)52(40,41)51-34-31(38)36(49-27-14-44-17(2)48-33(27)34)50-32-21-12-24-23(46-15-47-24)11-20(21)28(29-22(32)13-45-35(29)39)18-9-25(42-3)30(37)26(10-18)43-4/h5-12,17,22,27-29,31-34,36-38H,13-15H2,1-4H3/t17-,22+,27-,28-,29+,31-,32-,33-,34-,36+/m1/s1. The number of benzene rings is 3. The van der Waals surface area contributed by atoms with E-state index in [9.17, 15) is 23.4 Å². The van der Waals surface area contributed by atoms with E-state index in [4.69, 9.17) is 46.8 Å². The third-order valence-corrected chi connectivity index (χ3v) is 11.6. The molecule has 16 heteroatoms. The van der Waals surface area contributed by atoms with Gasteiger partial charge in [-0.25, -0.2) is 0 Å². The van der Waals surface area contributed by atoms with Crippen molar-refractivity contribution in [2.75, 3.05) is 34.2 Å². The second-order valence-electron chi connectivity index (χ2n) is 13.3. The Kier molecular flexibility index (Phi) is 8.97. The van der Waals surface area contributed by atoms with Gasteiger partial charge < -0.3 is 52.8 Å². The first-order valence-electron chi connectivity index (χ1n) is 16.8. The highest BCUT2D eigenvalue weighted by Crippen LogP contribution is 2.57. The normalized spacial score (nSPS) is 32.0. The van der Waals surface area contributed by atoms with Crippen molar-refractivity contribution in [3.8, 4) is 28.7 Å². The van der Waals surface area contributed by atoms with E-state index in [1.807, 2.05) is 6.92 Å². The second-order valence-corrected chi connectivity index (χ2v) is 14.9. The lowest BCUT2D eigenvalue weighted by molar-refractivity contribution is -0.361. The van der Waals surface area contributed by atoms with E-state index in [0.717, 1.165) is 5.56 Å². The van der Waals surface area contributed by atoms with Crippen LogP contribution in [0.2, 0.25) is 0 Å². The molecule has 0 spiro atoms. The SMILES string of the molecule is COc1cc([C@@H]2c3cc4c(cc3[C@@H](O[C@@H]3O[C@@H]5CO[C@@H](C)O[C@H]5[C@H](OS(=O)(=O)c5ccc(C)cc5)[C@H]3O)[C@H]3COC(=O)[C@H]23)OCO4)cc(OC)c1O. The molecule has 0 saturated carbocycles. The summed E-state index contributed by atoms with van der Waals surface area (Å²) in [7, 11) is -1.57. The molecule has 8 rings (SSSR count). The summed E-state index contributed by atoms with van der Waals surface area (Å²) in [5, 5.41) is 22.5. The molecule has 4 heterocycles. The van der Waals surface area contributed by atoms with Gasteiger partial charge in [0.2, 0.25) is 12.5 Å². The fourth-order valence-electron chi connectivity index (χ4n) is 7.74. The Hall–Kier alpha value is -4.16. The van der Waals surface area contributed by atoms with E-state index >= 15 is 0 Å². The smallest absolute Gasteiger partial charge is 0.310 e. The maximum absolute atomic E-state index is 13.7. The summed E-state index contributed by atoms with van der Waals surface area (Å²) in [6.45, 7) is 3.42. The average Bonchev–Trinajstić information content (AvgIpc) is 3.75. The Labute approximate surface area is 299 Å². The molecule has 10 atom stereocenters. The van der Waals surface area contributed by atoms with Crippen LogP contribution in [-0.2, 0) is 42.8 Å². The molecule has 0 bridgehead atoms. The van der Waals surface area contributed by atoms with Crippen LogP contribution in [0, 0.1) is 18.8 Å². The molecule has 1 aliphatic carbocycles. The van der Waals surface area contributed by atoms with Crippen LogP contribution in [0.25, 0.3) is 0 Å². The number of rotatable bonds is 8. The number of cyclic esters (lactones) is 1. The molecule has 5 aliphatic rings. The van der Waals surface area contributed by atoms with Gasteiger partial charge in [0.05, 0.1) is 44.4 Å². The number of hydrogen-bond acceptors (Lipinski definition) is 15. The summed E-state index contributed by atoms with van der Waals surface area (Å²) in [6.07, 6.45) is -8.18. The number of esters is 1. The number of fused-ring (bicyclic) bond motifs is 4. The van der Waals surface area contributed by atoms with Crippen LogP contribution in [0.3, 0.4) is 0 Å². The maximum Gasteiger partial charge on any atom is 0.310 e. The molecular formula is C36H38O15S. The zero-order valence-electron chi connectivity index (χ0n) is 28.6. The largest absolute Gasteiger partial charge is 0.502 e. The summed E-state index contributed by atoms with van der Waals surface area (Å²) in [6, 6.07) is 12.9. The van der Waals surface area contributed by atoms with Crippen LogP contribution >= 0.6 is 0 Å². The minimum atomic E-state index is -4.39. The molecule has 2 N–H and O–H groups in total. The fourth-order valence-corrected chi connectivity index (χ4v) is 8.83. The number of ether oxygens (including phenoxy) is 9. The Morgan fingerprint density at radius 2 is 1.56 bits per heavy atom. The number of aliphatic hydroxyl groups excluding tert-OH is 1. The number of methoxy groups -OCH3 is 2. The molecule has 3 aromatic carbocycles. The van der Waals surface area contributed by atoms with Crippen LogP contribution in [0.4, 0.5) is 0 Å². The molecule has 0 radical (unpaired) electrons. The lowest BCUT2D eigenvalue weighted by Crippen LogP contribution is -2.64. The minimum Gasteiger partial charge on any atom is -0.502 e. The highest BCUT2D eigenvalue weighted by Gasteiger charge is 2.57. The highest BCUT2D eigenvalue weighted by atomic mass is 32.2. The van der Waals surface area contributed by atoms with Crippen molar-refractivity contribution in [1.29, 1.82) is 0 Å². The van der Waals surface area contributed by atoms with Crippen molar-refractivity contribution in [3.63, 3.8) is 0 Å². The third kappa shape index (κ3) is 5.91. The van der Waals surface area contributed by atoms with Crippen LogP contribution in [0.5, 0.6) is 28.7 Å². The molecule has 52 heavy (non-hydrogen) atoms. The molecule has 0 aromatic heterocycles. The summed E-state index contributed by atoms with van der Waals surface area (Å²) in [5.41, 5.74) is 2.66. The predicted molar refractivity (Wildman–Crippen MR) is 176 cm³/mol. The Bertz CT molecular complexity index is 1940. The maximum atomic E-state index is 13.7. The number of phenolic OH excluding ortho intramolecular Hbond substituents is 1. The van der Waals surface area contributed by atoms with E-state index in [0.29, 0.717) is 28.2 Å². The van der Waals surface area contributed by atoms with Crippen LogP contribution in [-0.4, -0.2) is 95.8 Å². The van der Waals surface area contributed by atoms with Gasteiger partial charge in [-0.15, -0.1) is 0 Å². The Balaban J connectivity index is 1.19. The molecule has 0 amide bonds. The monoisotopic (exact) mass is 742 g/mol. The molecular weight excluding hydrogens is 704 g/mol. The molecule has 3 fully saturated rings. The Morgan fingerprint density at radius 1 is 0.885 bits per heavy atom. The predicted octanol–water partition coefficient (Wildman–Crippen LogP) is 3.06. The van der Waals surface area contributed by atoms with Gasteiger partial charge in [-0.3, -0.25) is 8.98 Å².